The van der Waals surface area contributed by atoms with Crippen LogP contribution in [0.5, 0.6) is 0 Å². The van der Waals surface area contributed by atoms with Gasteiger partial charge in [-0.2, -0.15) is 5.10 Å². The van der Waals surface area contributed by atoms with Gasteiger partial charge in [-0.3, -0.25) is 4.90 Å². The monoisotopic (exact) mass is 305 g/mol. The Morgan fingerprint density at radius 3 is 2.90 bits per heavy atom. The van der Waals surface area contributed by atoms with Gasteiger partial charge in [-0.1, -0.05) is 11.6 Å². The van der Waals surface area contributed by atoms with Crippen LogP contribution in [0.2, 0.25) is 5.02 Å². The molecule has 112 valence electrons. The summed E-state index contributed by atoms with van der Waals surface area (Å²) in [7, 11) is 0. The van der Waals surface area contributed by atoms with Gasteiger partial charge in [0, 0.05) is 30.2 Å². The average Bonchev–Trinajstić information content (AvgIpc) is 3.09. The van der Waals surface area contributed by atoms with Crippen molar-refractivity contribution in [3.63, 3.8) is 0 Å². The lowest BCUT2D eigenvalue weighted by atomic mass is 10.2. The molecule has 1 atom stereocenters. The maximum absolute atomic E-state index is 6.15. The zero-order valence-corrected chi connectivity index (χ0v) is 13.1. The fourth-order valence-electron chi connectivity index (χ4n) is 2.75. The second kappa shape index (κ2) is 6.03. The molecule has 0 spiro atoms. The van der Waals surface area contributed by atoms with Gasteiger partial charge in [-0.05, 0) is 38.5 Å². The summed E-state index contributed by atoms with van der Waals surface area (Å²) in [5, 5.41) is 8.54. The van der Waals surface area contributed by atoms with Gasteiger partial charge in [0.05, 0.1) is 11.4 Å². The summed E-state index contributed by atoms with van der Waals surface area (Å²) in [6, 6.07) is 6.82. The van der Waals surface area contributed by atoms with E-state index < -0.39 is 0 Å². The summed E-state index contributed by atoms with van der Waals surface area (Å²) < 4.78 is 1.76. The third-order valence-electron chi connectivity index (χ3n) is 3.93. The van der Waals surface area contributed by atoms with Crippen molar-refractivity contribution in [1.29, 1.82) is 0 Å². The predicted molar refractivity (Wildman–Crippen MR) is 85.1 cm³/mol. The highest BCUT2D eigenvalue weighted by Crippen LogP contribution is 2.26. The second-order valence-electron chi connectivity index (χ2n) is 5.72. The summed E-state index contributed by atoms with van der Waals surface area (Å²) in [5.41, 5.74) is 1.98. The smallest absolute Gasteiger partial charge is 0.138 e. The first-order chi connectivity index (χ1) is 10.1. The highest BCUT2D eigenvalue weighted by atomic mass is 35.5. The number of hydrogen-bond donors (Lipinski definition) is 1. The minimum atomic E-state index is 0.438. The number of nitrogens with zero attached hydrogens (tertiary/aromatic N) is 4. The molecule has 0 radical (unpaired) electrons. The third kappa shape index (κ3) is 3.19. The van der Waals surface area contributed by atoms with E-state index in [0.717, 1.165) is 35.9 Å². The number of nitrogens with one attached hydrogen (secondary N) is 1. The topological polar surface area (TPSA) is 46.0 Å². The number of aromatic nitrogens is 3. The van der Waals surface area contributed by atoms with E-state index in [1.807, 2.05) is 18.2 Å². The molecule has 3 rings (SSSR count). The summed E-state index contributed by atoms with van der Waals surface area (Å²) in [4.78, 5) is 6.50. The Hall–Kier alpha value is -1.59. The van der Waals surface area contributed by atoms with E-state index in [1.54, 1.807) is 11.0 Å². The summed E-state index contributed by atoms with van der Waals surface area (Å²) in [5.74, 6) is 0. The largest absolute Gasteiger partial charge is 0.379 e. The molecule has 1 unspecified atom stereocenters. The van der Waals surface area contributed by atoms with Crippen LogP contribution in [-0.4, -0.2) is 44.8 Å². The fourth-order valence-corrected chi connectivity index (χ4v) is 2.92. The minimum absolute atomic E-state index is 0.438. The Morgan fingerprint density at radius 2 is 2.24 bits per heavy atom. The molecular weight excluding hydrogens is 286 g/mol. The van der Waals surface area contributed by atoms with Gasteiger partial charge in [0.2, 0.25) is 0 Å². The molecule has 21 heavy (non-hydrogen) atoms. The highest BCUT2D eigenvalue weighted by molar-refractivity contribution is 6.31. The molecular formula is C15H20ClN5. The Kier molecular flexibility index (Phi) is 4.12. The quantitative estimate of drug-likeness (QED) is 0.943. The molecule has 1 N–H and O–H groups in total. The average molecular weight is 306 g/mol. The van der Waals surface area contributed by atoms with Crippen LogP contribution in [0, 0.1) is 0 Å². The van der Waals surface area contributed by atoms with Gasteiger partial charge in [-0.15, -0.1) is 0 Å². The van der Waals surface area contributed by atoms with Crippen LogP contribution in [0.3, 0.4) is 0 Å². The Labute approximate surface area is 129 Å². The van der Waals surface area contributed by atoms with Crippen LogP contribution >= 0.6 is 11.6 Å². The minimum Gasteiger partial charge on any atom is -0.379 e. The molecule has 0 aliphatic carbocycles. The lowest BCUT2D eigenvalue weighted by molar-refractivity contribution is 0.274. The highest BCUT2D eigenvalue weighted by Gasteiger charge is 2.24. The van der Waals surface area contributed by atoms with Crippen LogP contribution in [-0.2, 0) is 0 Å². The van der Waals surface area contributed by atoms with Crippen LogP contribution in [0.15, 0.2) is 30.9 Å². The van der Waals surface area contributed by atoms with E-state index in [2.05, 4.69) is 34.1 Å². The molecule has 1 aliphatic heterocycles. The fraction of sp³-hybridized carbons (Fsp3) is 0.467. The molecule has 0 bridgehead atoms. The van der Waals surface area contributed by atoms with E-state index in [-0.39, 0.29) is 0 Å². The Balaban J connectivity index is 1.81. The SMILES string of the molecule is CC(C)N1CCC(Nc2cc(Cl)ccc2-n2cncn2)C1. The Morgan fingerprint density at radius 1 is 1.38 bits per heavy atom. The zero-order valence-electron chi connectivity index (χ0n) is 12.3. The van der Waals surface area contributed by atoms with Crippen molar-refractivity contribution >= 4 is 17.3 Å². The van der Waals surface area contributed by atoms with Crippen molar-refractivity contribution < 1.29 is 0 Å². The molecule has 2 aromatic rings. The maximum Gasteiger partial charge on any atom is 0.138 e. The molecule has 2 heterocycles. The van der Waals surface area contributed by atoms with Crippen LogP contribution in [0.4, 0.5) is 5.69 Å². The van der Waals surface area contributed by atoms with Gasteiger partial charge in [0.15, 0.2) is 0 Å². The number of hydrogen-bond acceptors (Lipinski definition) is 4. The molecule has 0 saturated carbocycles. The zero-order chi connectivity index (χ0) is 14.8. The molecule has 6 heteroatoms. The predicted octanol–water partition coefficient (Wildman–Crippen LogP) is 2.82. The first-order valence-corrected chi connectivity index (χ1v) is 7.66. The van der Waals surface area contributed by atoms with Gasteiger partial charge >= 0.3 is 0 Å². The van der Waals surface area contributed by atoms with E-state index in [0.29, 0.717) is 12.1 Å². The number of rotatable bonds is 4. The molecule has 1 aromatic heterocycles. The summed E-state index contributed by atoms with van der Waals surface area (Å²) >= 11 is 6.15. The van der Waals surface area contributed by atoms with Crippen LogP contribution in [0.1, 0.15) is 20.3 Å². The summed E-state index contributed by atoms with van der Waals surface area (Å²) in [6.45, 7) is 6.67. The van der Waals surface area contributed by atoms with E-state index in [1.165, 1.54) is 6.33 Å². The standard InChI is InChI=1S/C15H20ClN5/c1-11(2)20-6-5-13(8-20)19-14-7-12(16)3-4-15(14)21-10-17-9-18-21/h3-4,7,9-11,13,19H,5-6,8H2,1-2H3. The van der Waals surface area contributed by atoms with E-state index in [9.17, 15) is 0 Å². The molecule has 0 amide bonds. The number of benzene rings is 1. The second-order valence-corrected chi connectivity index (χ2v) is 6.16. The van der Waals surface area contributed by atoms with Crippen LogP contribution in [0.25, 0.3) is 5.69 Å². The van der Waals surface area contributed by atoms with Crippen molar-refractivity contribution in [3.8, 4) is 5.69 Å². The number of anilines is 1. The number of likely N-dealkylation sites (tertiary alicyclic amines) is 1. The van der Waals surface area contributed by atoms with E-state index >= 15 is 0 Å². The maximum atomic E-state index is 6.15. The van der Waals surface area contributed by atoms with Gasteiger partial charge < -0.3 is 5.32 Å². The summed E-state index contributed by atoms with van der Waals surface area (Å²) in [6.07, 6.45) is 4.37. The first-order valence-electron chi connectivity index (χ1n) is 7.28. The number of halogens is 1. The van der Waals surface area contributed by atoms with Crippen molar-refractivity contribution in [2.45, 2.75) is 32.4 Å². The van der Waals surface area contributed by atoms with Crippen molar-refractivity contribution in [2.75, 3.05) is 18.4 Å². The molecule has 1 saturated heterocycles. The molecule has 5 nitrogen and oxygen atoms in total. The van der Waals surface area contributed by atoms with E-state index in [4.69, 9.17) is 11.6 Å². The van der Waals surface area contributed by atoms with Crippen molar-refractivity contribution in [1.82, 2.24) is 19.7 Å². The molecule has 1 fully saturated rings. The Bertz CT molecular complexity index is 596. The lowest BCUT2D eigenvalue weighted by Crippen LogP contribution is -2.31. The normalized spacial score (nSPS) is 19.3. The lowest BCUT2D eigenvalue weighted by Gasteiger charge is -2.21. The van der Waals surface area contributed by atoms with Crippen molar-refractivity contribution in [3.05, 3.63) is 35.9 Å². The molecule has 1 aliphatic rings. The van der Waals surface area contributed by atoms with Gasteiger partial charge in [0.25, 0.3) is 0 Å². The van der Waals surface area contributed by atoms with Gasteiger partial charge in [0.1, 0.15) is 12.7 Å². The van der Waals surface area contributed by atoms with Crippen LogP contribution < -0.4 is 5.32 Å². The van der Waals surface area contributed by atoms with Crippen molar-refractivity contribution in [2.24, 2.45) is 0 Å². The third-order valence-corrected chi connectivity index (χ3v) is 4.17. The molecule has 1 aromatic carbocycles. The van der Waals surface area contributed by atoms with Gasteiger partial charge in [-0.25, -0.2) is 9.67 Å². The first kappa shape index (κ1) is 14.4.